The number of carbonyl (C=O) groups excluding carboxylic acids is 1. The molecule has 2 aromatic rings. The molecule has 0 aromatic heterocycles. The van der Waals surface area contributed by atoms with E-state index < -0.39 is 28.9 Å². The monoisotopic (exact) mass is 395 g/mol. The molecule has 1 aliphatic rings. The summed E-state index contributed by atoms with van der Waals surface area (Å²) in [6, 6.07) is 4.41. The fourth-order valence-corrected chi connectivity index (χ4v) is 2.74. The van der Waals surface area contributed by atoms with Gasteiger partial charge in [-0.1, -0.05) is 11.6 Å². The molecule has 0 bridgehead atoms. The number of carbonyl (C=O) groups is 1. The summed E-state index contributed by atoms with van der Waals surface area (Å²) in [5, 5.41) is 49.8. The van der Waals surface area contributed by atoms with E-state index in [-0.39, 0.29) is 33.4 Å². The van der Waals surface area contributed by atoms with Crippen LogP contribution in [-0.4, -0.2) is 31.4 Å². The normalized spacial score (nSPS) is 18.3. The van der Waals surface area contributed by atoms with Gasteiger partial charge in [0.2, 0.25) is 11.7 Å². The molecular formula is C17H14ClNO8. The number of ether oxygens (including phenoxy) is 1. The lowest BCUT2D eigenvalue weighted by Gasteiger charge is -2.32. The predicted octanol–water partition coefficient (Wildman–Crippen LogP) is 1.81. The number of hydrogen-bond donors (Lipinski definition) is 6. The van der Waals surface area contributed by atoms with Gasteiger partial charge in [0.15, 0.2) is 11.5 Å². The van der Waals surface area contributed by atoms with Gasteiger partial charge in [-0.15, -0.1) is 0 Å². The van der Waals surface area contributed by atoms with Crippen LogP contribution in [0.2, 0.25) is 5.02 Å². The summed E-state index contributed by atoms with van der Waals surface area (Å²) in [6.07, 6.45) is 1.00. The topological polar surface area (TPSA) is 149 Å². The number of amides is 1. The zero-order valence-corrected chi connectivity index (χ0v) is 14.5. The second-order valence-electron chi connectivity index (χ2n) is 5.73. The van der Waals surface area contributed by atoms with Crippen molar-refractivity contribution in [3.63, 3.8) is 0 Å². The number of hydrogen-bond acceptors (Lipinski definition) is 8. The van der Waals surface area contributed by atoms with Gasteiger partial charge in [-0.2, -0.15) is 0 Å². The molecule has 142 valence electrons. The molecule has 1 atom stereocenters. The second-order valence-corrected chi connectivity index (χ2v) is 6.14. The highest BCUT2D eigenvalue weighted by Crippen LogP contribution is 2.47. The van der Waals surface area contributed by atoms with Gasteiger partial charge in [0.25, 0.3) is 0 Å². The van der Waals surface area contributed by atoms with Gasteiger partial charge >= 0.3 is 0 Å². The molecule has 1 aliphatic heterocycles. The van der Waals surface area contributed by atoms with Gasteiger partial charge in [-0.05, 0) is 12.1 Å². The van der Waals surface area contributed by atoms with Crippen LogP contribution in [0.1, 0.15) is 18.1 Å². The molecule has 0 saturated carbocycles. The molecule has 1 heterocycles. The highest BCUT2D eigenvalue weighted by molar-refractivity contribution is 6.32. The average Bonchev–Trinajstić information content (AvgIpc) is 2.56. The Morgan fingerprint density at radius 3 is 2.48 bits per heavy atom. The third kappa shape index (κ3) is 3.43. The number of phenolic OH excluding ortho intramolecular Hbond substituents is 4. The Balaban J connectivity index is 2.17. The minimum atomic E-state index is -2.38. The molecule has 1 unspecified atom stereocenters. The van der Waals surface area contributed by atoms with Crippen LogP contribution in [0.4, 0.5) is 0 Å². The van der Waals surface area contributed by atoms with E-state index in [2.05, 4.69) is 0 Å². The van der Waals surface area contributed by atoms with E-state index >= 15 is 0 Å². The Bertz CT molecular complexity index is 951. The molecule has 2 aromatic carbocycles. The van der Waals surface area contributed by atoms with Crippen molar-refractivity contribution in [1.82, 2.24) is 5.48 Å². The summed E-state index contributed by atoms with van der Waals surface area (Å²) < 4.78 is 5.57. The van der Waals surface area contributed by atoms with E-state index in [1.165, 1.54) is 6.07 Å². The Hall–Kier alpha value is -3.14. The highest BCUT2D eigenvalue weighted by atomic mass is 35.5. The van der Waals surface area contributed by atoms with E-state index in [0.717, 1.165) is 31.2 Å². The number of aliphatic hydroxyl groups is 1. The Morgan fingerprint density at radius 2 is 1.85 bits per heavy atom. The first-order valence-corrected chi connectivity index (χ1v) is 7.84. The lowest BCUT2D eigenvalue weighted by Crippen LogP contribution is -2.38. The lowest BCUT2D eigenvalue weighted by atomic mass is 9.97. The standard InChI is InChI=1S/C17H14ClNO8/c1-7(20)19-27-17(25)6-14(8-2-10(18)16(24)12(23)3-8)26-13-5-9(21)4-11(22)15(13)17/h2-6,21-25H,1H3,(H,19,20). The van der Waals surface area contributed by atoms with E-state index in [1.807, 2.05) is 5.48 Å². The van der Waals surface area contributed by atoms with E-state index in [0.29, 0.717) is 0 Å². The van der Waals surface area contributed by atoms with Crippen LogP contribution in [0, 0.1) is 0 Å². The minimum absolute atomic E-state index is 0.0995. The summed E-state index contributed by atoms with van der Waals surface area (Å²) in [5.74, 6) is -5.29. The molecule has 1 amide bonds. The number of nitrogens with one attached hydrogen (secondary N) is 1. The summed E-state index contributed by atoms with van der Waals surface area (Å²) in [5.41, 5.74) is 1.83. The van der Waals surface area contributed by atoms with Gasteiger partial charge < -0.3 is 30.3 Å². The molecule has 6 N–H and O–H groups in total. The van der Waals surface area contributed by atoms with Crippen molar-refractivity contribution < 1.29 is 39.9 Å². The fourth-order valence-electron chi connectivity index (χ4n) is 2.52. The Kier molecular flexibility index (Phi) is 4.52. The fraction of sp³-hybridized carbons (Fsp3) is 0.118. The Morgan fingerprint density at radius 1 is 1.15 bits per heavy atom. The zero-order chi connectivity index (χ0) is 19.9. The van der Waals surface area contributed by atoms with E-state index in [9.17, 15) is 30.3 Å². The maximum Gasteiger partial charge on any atom is 0.248 e. The van der Waals surface area contributed by atoms with E-state index in [1.54, 1.807) is 0 Å². The predicted molar refractivity (Wildman–Crippen MR) is 92.0 cm³/mol. The van der Waals surface area contributed by atoms with Crippen molar-refractivity contribution in [3.05, 3.63) is 46.5 Å². The maximum absolute atomic E-state index is 11.2. The number of fused-ring (bicyclic) bond motifs is 1. The SMILES string of the molecule is CC(=O)NOC1(O)C=C(c2cc(O)c(O)c(Cl)c2)Oc2cc(O)cc(O)c21. The molecule has 0 saturated heterocycles. The first-order chi connectivity index (χ1) is 12.6. The first kappa shape index (κ1) is 18.6. The van der Waals surface area contributed by atoms with Gasteiger partial charge in [0, 0.05) is 30.7 Å². The number of aromatic hydroxyl groups is 4. The second kappa shape index (κ2) is 6.54. The molecule has 27 heavy (non-hydrogen) atoms. The van der Waals surface area contributed by atoms with Crippen LogP contribution in [0.25, 0.3) is 5.76 Å². The van der Waals surface area contributed by atoms with Crippen molar-refractivity contribution in [2.24, 2.45) is 0 Å². The largest absolute Gasteiger partial charge is 0.508 e. The maximum atomic E-state index is 11.2. The summed E-state index contributed by atoms with van der Waals surface area (Å²) in [6.45, 7) is 1.14. The van der Waals surface area contributed by atoms with Crippen LogP contribution < -0.4 is 10.2 Å². The smallest absolute Gasteiger partial charge is 0.248 e. The van der Waals surface area contributed by atoms with Crippen LogP contribution in [0.15, 0.2) is 30.3 Å². The summed E-state index contributed by atoms with van der Waals surface area (Å²) >= 11 is 5.84. The van der Waals surface area contributed by atoms with Crippen molar-refractivity contribution >= 4 is 23.3 Å². The highest BCUT2D eigenvalue weighted by Gasteiger charge is 2.41. The van der Waals surface area contributed by atoms with Crippen molar-refractivity contribution in [3.8, 4) is 28.7 Å². The summed E-state index contributed by atoms with van der Waals surface area (Å²) in [4.78, 5) is 16.2. The minimum Gasteiger partial charge on any atom is -0.508 e. The molecular weight excluding hydrogens is 382 g/mol. The van der Waals surface area contributed by atoms with Gasteiger partial charge in [0.1, 0.15) is 28.6 Å². The van der Waals surface area contributed by atoms with Crippen LogP contribution in [0.3, 0.4) is 0 Å². The molecule has 0 radical (unpaired) electrons. The zero-order valence-electron chi connectivity index (χ0n) is 13.7. The molecule has 0 spiro atoms. The van der Waals surface area contributed by atoms with Crippen molar-refractivity contribution in [2.75, 3.05) is 0 Å². The molecule has 0 aliphatic carbocycles. The molecule has 10 heteroatoms. The molecule has 3 rings (SSSR count). The number of phenols is 4. The molecule has 0 fully saturated rings. The van der Waals surface area contributed by atoms with Gasteiger partial charge in [0.05, 0.1) is 5.02 Å². The third-order valence-corrected chi connectivity index (χ3v) is 3.94. The number of hydroxylamine groups is 1. The van der Waals surface area contributed by atoms with Gasteiger partial charge in [-0.3, -0.25) is 4.79 Å². The molecule has 9 nitrogen and oxygen atoms in total. The number of halogens is 1. The third-order valence-electron chi connectivity index (χ3n) is 3.65. The van der Waals surface area contributed by atoms with Crippen LogP contribution in [0.5, 0.6) is 28.7 Å². The van der Waals surface area contributed by atoms with E-state index in [4.69, 9.17) is 21.2 Å². The lowest BCUT2D eigenvalue weighted by molar-refractivity contribution is -0.218. The van der Waals surface area contributed by atoms with Crippen molar-refractivity contribution in [2.45, 2.75) is 12.7 Å². The van der Waals surface area contributed by atoms with Crippen LogP contribution in [-0.2, 0) is 15.4 Å². The average molecular weight is 396 g/mol. The van der Waals surface area contributed by atoms with Crippen molar-refractivity contribution in [1.29, 1.82) is 0 Å². The summed E-state index contributed by atoms with van der Waals surface area (Å²) in [7, 11) is 0. The number of rotatable bonds is 3. The van der Waals surface area contributed by atoms with Gasteiger partial charge in [-0.25, -0.2) is 10.3 Å². The van der Waals surface area contributed by atoms with Crippen LogP contribution >= 0.6 is 11.6 Å². The Labute approximate surface area is 157 Å². The quantitative estimate of drug-likeness (QED) is 0.262. The number of benzene rings is 2. The first-order valence-electron chi connectivity index (χ1n) is 7.46.